The third-order valence-electron chi connectivity index (χ3n) is 5.54. The summed E-state index contributed by atoms with van der Waals surface area (Å²) in [6, 6.07) is 0. The average Bonchev–Trinajstić information content (AvgIpc) is 2.85. The minimum absolute atomic E-state index is 0.0300. The molecular formula is C14H26BNO2. The molecule has 3 nitrogen and oxygen atoms in total. The van der Waals surface area contributed by atoms with E-state index in [1.54, 1.807) is 0 Å². The highest BCUT2D eigenvalue weighted by Gasteiger charge is 2.50. The summed E-state index contributed by atoms with van der Waals surface area (Å²) < 4.78 is 12.3. The molecule has 1 saturated carbocycles. The Morgan fingerprint density at radius 2 is 2.06 bits per heavy atom. The molecule has 0 aromatic heterocycles. The first-order valence-corrected chi connectivity index (χ1v) is 7.58. The fourth-order valence-corrected chi connectivity index (χ4v) is 3.90. The molecule has 3 saturated heterocycles. The van der Waals surface area contributed by atoms with Crippen molar-refractivity contribution in [3.63, 3.8) is 0 Å². The van der Waals surface area contributed by atoms with Crippen LogP contribution in [0.25, 0.3) is 0 Å². The zero-order chi connectivity index (χ0) is 12.8. The molecule has 1 aliphatic carbocycles. The highest BCUT2D eigenvalue weighted by molar-refractivity contribution is 6.46. The molecule has 0 radical (unpaired) electrons. The molecule has 0 amide bonds. The van der Waals surface area contributed by atoms with Crippen molar-refractivity contribution >= 4 is 7.12 Å². The number of hydrogen-bond acceptors (Lipinski definition) is 3. The van der Waals surface area contributed by atoms with E-state index in [1.807, 2.05) is 0 Å². The fourth-order valence-electron chi connectivity index (χ4n) is 3.90. The van der Waals surface area contributed by atoms with Gasteiger partial charge in [-0.2, -0.15) is 0 Å². The normalized spacial score (nSPS) is 43.8. The van der Waals surface area contributed by atoms with E-state index < -0.39 is 0 Å². The monoisotopic (exact) mass is 251 g/mol. The number of nitrogens with one attached hydrogen (secondary N) is 1. The Hall–Kier alpha value is -0.0551. The number of rotatable bonds is 1. The van der Waals surface area contributed by atoms with E-state index in [2.05, 4.69) is 26.1 Å². The first-order chi connectivity index (χ1) is 8.57. The Balaban J connectivity index is 1.68. The molecule has 2 bridgehead atoms. The lowest BCUT2D eigenvalue weighted by Gasteiger charge is -2.52. The smallest absolute Gasteiger partial charge is 0.410 e. The van der Waals surface area contributed by atoms with E-state index in [0.29, 0.717) is 17.5 Å². The second kappa shape index (κ2) is 4.80. The van der Waals surface area contributed by atoms with Gasteiger partial charge in [0, 0.05) is 18.7 Å². The molecular weight excluding hydrogens is 225 g/mol. The van der Waals surface area contributed by atoms with Crippen LogP contribution in [-0.2, 0) is 9.31 Å². The average molecular weight is 251 g/mol. The Kier molecular flexibility index (Phi) is 3.46. The lowest BCUT2D eigenvalue weighted by atomic mass is 9.54. The van der Waals surface area contributed by atoms with E-state index in [0.717, 1.165) is 25.0 Å². The van der Waals surface area contributed by atoms with Crippen LogP contribution in [0.3, 0.4) is 0 Å². The van der Waals surface area contributed by atoms with E-state index in [1.165, 1.54) is 25.7 Å². The molecule has 0 spiro atoms. The SMILES string of the molecule is C[C@H]1C[C@@H]2C[C@H](COB([C@@H]3CCCN3)O1)C2(C)C. The van der Waals surface area contributed by atoms with Crippen LogP contribution in [0.5, 0.6) is 0 Å². The van der Waals surface area contributed by atoms with Crippen molar-refractivity contribution in [2.24, 2.45) is 17.3 Å². The molecule has 0 aromatic rings. The van der Waals surface area contributed by atoms with Crippen molar-refractivity contribution in [2.45, 2.75) is 58.5 Å². The molecule has 4 rings (SSSR count). The highest BCUT2D eigenvalue weighted by atomic mass is 16.6. The van der Waals surface area contributed by atoms with Gasteiger partial charge in [-0.3, -0.25) is 0 Å². The summed E-state index contributed by atoms with van der Waals surface area (Å²) in [7, 11) is -0.0300. The predicted molar refractivity (Wildman–Crippen MR) is 73.3 cm³/mol. The van der Waals surface area contributed by atoms with Crippen molar-refractivity contribution in [2.75, 3.05) is 13.2 Å². The van der Waals surface area contributed by atoms with Crippen LogP contribution in [0, 0.1) is 17.3 Å². The van der Waals surface area contributed by atoms with Gasteiger partial charge in [-0.05, 0) is 56.4 Å². The molecule has 0 unspecified atom stereocenters. The molecule has 3 aliphatic heterocycles. The zero-order valence-corrected chi connectivity index (χ0v) is 11.9. The second-order valence-corrected chi connectivity index (χ2v) is 7.04. The topological polar surface area (TPSA) is 30.5 Å². The van der Waals surface area contributed by atoms with Gasteiger partial charge in [0.25, 0.3) is 0 Å². The van der Waals surface area contributed by atoms with Crippen LogP contribution in [-0.4, -0.2) is 32.3 Å². The van der Waals surface area contributed by atoms with Gasteiger partial charge in [-0.1, -0.05) is 13.8 Å². The summed E-state index contributed by atoms with van der Waals surface area (Å²) in [6.45, 7) is 8.99. The van der Waals surface area contributed by atoms with Gasteiger partial charge < -0.3 is 14.6 Å². The Morgan fingerprint density at radius 3 is 2.72 bits per heavy atom. The first-order valence-electron chi connectivity index (χ1n) is 7.58. The maximum Gasteiger partial charge on any atom is 0.475 e. The lowest BCUT2D eigenvalue weighted by molar-refractivity contribution is -0.0510. The summed E-state index contributed by atoms with van der Waals surface area (Å²) in [5.41, 5.74) is 0.440. The quantitative estimate of drug-likeness (QED) is 0.725. The fraction of sp³-hybridized carbons (Fsp3) is 1.00. The minimum Gasteiger partial charge on any atom is -0.410 e. The van der Waals surface area contributed by atoms with Crippen molar-refractivity contribution < 1.29 is 9.31 Å². The van der Waals surface area contributed by atoms with Crippen LogP contribution in [0.1, 0.15) is 46.5 Å². The first kappa shape index (κ1) is 13.0. The van der Waals surface area contributed by atoms with Crippen LogP contribution in [0.2, 0.25) is 0 Å². The van der Waals surface area contributed by atoms with Gasteiger partial charge in [0.15, 0.2) is 0 Å². The molecule has 4 fully saturated rings. The van der Waals surface area contributed by atoms with E-state index in [4.69, 9.17) is 9.31 Å². The van der Waals surface area contributed by atoms with Crippen LogP contribution >= 0.6 is 0 Å². The van der Waals surface area contributed by atoms with Gasteiger partial charge in [0.2, 0.25) is 0 Å². The van der Waals surface area contributed by atoms with Crippen molar-refractivity contribution in [1.82, 2.24) is 5.32 Å². The van der Waals surface area contributed by atoms with Gasteiger partial charge in [-0.15, -0.1) is 0 Å². The van der Waals surface area contributed by atoms with Gasteiger partial charge in [-0.25, -0.2) is 0 Å². The maximum atomic E-state index is 6.16. The third kappa shape index (κ3) is 2.23. The molecule has 102 valence electrons. The van der Waals surface area contributed by atoms with Crippen LogP contribution in [0.15, 0.2) is 0 Å². The van der Waals surface area contributed by atoms with Crippen LogP contribution in [0.4, 0.5) is 0 Å². The Bertz CT molecular complexity index is 304. The molecule has 18 heavy (non-hydrogen) atoms. The Labute approximate surface area is 111 Å². The largest absolute Gasteiger partial charge is 0.475 e. The summed E-state index contributed by atoms with van der Waals surface area (Å²) in [5.74, 6) is 1.95. The lowest BCUT2D eigenvalue weighted by Crippen LogP contribution is -2.48. The molecule has 3 heterocycles. The van der Waals surface area contributed by atoms with Crippen LogP contribution < -0.4 is 5.32 Å². The molecule has 4 aliphatic rings. The Morgan fingerprint density at radius 1 is 1.22 bits per heavy atom. The summed E-state index contributed by atoms with van der Waals surface area (Å²) in [4.78, 5) is 0. The number of fused-ring (bicyclic) bond motifs is 5. The molecule has 4 heteroatoms. The minimum atomic E-state index is -0.0300. The standard InChI is InChI=1S/C14H26BNO2/c1-10-7-11-8-12(14(11,2)3)9-17-15(18-10)13-5-4-6-16-13/h10-13,16H,4-9H2,1-3H3/t10-,11+,12+,13-/m0/s1. The zero-order valence-electron chi connectivity index (χ0n) is 11.9. The van der Waals surface area contributed by atoms with Crippen molar-refractivity contribution in [3.8, 4) is 0 Å². The summed E-state index contributed by atoms with van der Waals surface area (Å²) in [5, 5.41) is 3.51. The van der Waals surface area contributed by atoms with Gasteiger partial charge in [0.1, 0.15) is 0 Å². The molecule has 1 N–H and O–H groups in total. The second-order valence-electron chi connectivity index (χ2n) is 7.04. The molecule has 0 aromatic carbocycles. The van der Waals surface area contributed by atoms with Crippen molar-refractivity contribution in [1.29, 1.82) is 0 Å². The van der Waals surface area contributed by atoms with Gasteiger partial charge in [0.05, 0.1) is 0 Å². The molecule has 4 atom stereocenters. The van der Waals surface area contributed by atoms with E-state index in [-0.39, 0.29) is 7.12 Å². The van der Waals surface area contributed by atoms with E-state index in [9.17, 15) is 0 Å². The predicted octanol–water partition coefficient (Wildman–Crippen LogP) is 2.25. The third-order valence-corrected chi connectivity index (χ3v) is 5.54. The summed E-state index contributed by atoms with van der Waals surface area (Å²) in [6.07, 6.45) is 5.27. The highest BCUT2D eigenvalue weighted by Crippen LogP contribution is 2.54. The van der Waals surface area contributed by atoms with E-state index >= 15 is 0 Å². The van der Waals surface area contributed by atoms with Gasteiger partial charge >= 0.3 is 7.12 Å². The summed E-state index contributed by atoms with van der Waals surface area (Å²) >= 11 is 0. The van der Waals surface area contributed by atoms with Crippen molar-refractivity contribution in [3.05, 3.63) is 0 Å². The number of hydrogen-bond donors (Lipinski definition) is 1. The maximum absolute atomic E-state index is 6.16.